The number of ether oxygens (including phenoxy) is 2. The smallest absolute Gasteiger partial charge is 0.445 e. The summed E-state index contributed by atoms with van der Waals surface area (Å²) in [7, 11) is 0. The Morgan fingerprint density at radius 2 is 1.84 bits per heavy atom. The van der Waals surface area contributed by atoms with Crippen LogP contribution < -0.4 is 10.3 Å². The number of hydrogen-bond donors (Lipinski definition) is 2. The maximum Gasteiger partial charge on any atom is 0.491 e. The topological polar surface area (TPSA) is 112 Å². The van der Waals surface area contributed by atoms with Crippen molar-refractivity contribution in [3.8, 4) is 0 Å². The second-order valence-corrected chi connectivity index (χ2v) is 7.95. The van der Waals surface area contributed by atoms with E-state index in [0.717, 1.165) is 9.26 Å². The number of rotatable bonds is 10. The van der Waals surface area contributed by atoms with Gasteiger partial charge in [-0.2, -0.15) is 13.2 Å². The fourth-order valence-corrected chi connectivity index (χ4v) is 3.18. The molecule has 1 aromatic carbocycles. The van der Waals surface area contributed by atoms with E-state index in [1.807, 2.05) is 30.3 Å². The van der Waals surface area contributed by atoms with Crippen molar-refractivity contribution in [1.29, 1.82) is 0 Å². The highest BCUT2D eigenvalue weighted by Gasteiger charge is 2.42. The molecule has 0 bridgehead atoms. The molecule has 1 aromatic heterocycles. The summed E-state index contributed by atoms with van der Waals surface area (Å²) in [6, 6.07) is 8.77. The van der Waals surface area contributed by atoms with E-state index in [2.05, 4.69) is 42.6 Å². The van der Waals surface area contributed by atoms with Gasteiger partial charge in [0.15, 0.2) is 0 Å². The third-order valence-electron chi connectivity index (χ3n) is 4.27. The summed E-state index contributed by atoms with van der Waals surface area (Å²) >= 11 is 2.08. The highest BCUT2D eigenvalue weighted by atomic mass is 127. The predicted octanol–water partition coefficient (Wildman–Crippen LogP) is 3.98. The number of unbranched alkanes of at least 4 members (excludes halogenated alkanes) is 2. The Bertz CT molecular complexity index is 905. The van der Waals surface area contributed by atoms with E-state index in [0.29, 0.717) is 25.1 Å². The first kappa shape index (κ1) is 25.6. The van der Waals surface area contributed by atoms with Gasteiger partial charge in [-0.05, 0) is 18.4 Å². The number of nitrogens with one attached hydrogen (secondary N) is 3. The normalized spacial score (nSPS) is 12.1. The van der Waals surface area contributed by atoms with E-state index in [1.54, 1.807) is 6.20 Å². The van der Waals surface area contributed by atoms with Crippen molar-refractivity contribution in [3.63, 3.8) is 0 Å². The summed E-state index contributed by atoms with van der Waals surface area (Å²) in [5, 5.41) is 2.77. The largest absolute Gasteiger partial charge is 0.491 e. The Labute approximate surface area is 195 Å². The maximum atomic E-state index is 12.2. The Balaban J connectivity index is 1.78. The molecule has 1 amide bonds. The van der Waals surface area contributed by atoms with Crippen LogP contribution in [0.15, 0.2) is 36.5 Å². The minimum absolute atomic E-state index is 0.115. The van der Waals surface area contributed by atoms with Crippen LogP contribution in [0.5, 0.6) is 0 Å². The van der Waals surface area contributed by atoms with Gasteiger partial charge in [0.05, 0.1) is 0 Å². The molecule has 0 saturated carbocycles. The fraction of sp³-hybridized carbons (Fsp3) is 0.400. The molecule has 1 heterocycles. The summed E-state index contributed by atoms with van der Waals surface area (Å²) in [5.74, 6) is -3.09. The lowest BCUT2D eigenvalue weighted by atomic mass is 10.1. The lowest BCUT2D eigenvalue weighted by molar-refractivity contribution is -0.392. The van der Waals surface area contributed by atoms with Crippen LogP contribution >= 0.6 is 22.6 Å². The molecule has 12 heteroatoms. The van der Waals surface area contributed by atoms with Gasteiger partial charge in [-0.3, -0.25) is 4.79 Å². The molecule has 0 radical (unpaired) electrons. The highest BCUT2D eigenvalue weighted by Crippen LogP contribution is 2.19. The number of alkyl carbamates (subject to hydrolysis) is 1. The van der Waals surface area contributed by atoms with Gasteiger partial charge < -0.3 is 14.8 Å². The van der Waals surface area contributed by atoms with Gasteiger partial charge >= 0.3 is 24.2 Å². The molecule has 2 rings (SSSR count). The standard InChI is InChI=1S/C20H21F3IN3O5/c21-20(22,23)18(29)32-16(28)10-6-2-5-9-14(17-25-11-15(24)27-17)26-19(30)31-12-13-7-3-1-4-8-13/h1,3-4,7-8,11,14H,2,5-6,9-10,12H2,(H,25,27)(H,26,30)/p+1. The van der Waals surface area contributed by atoms with Crippen molar-refractivity contribution in [2.75, 3.05) is 0 Å². The van der Waals surface area contributed by atoms with E-state index >= 15 is 0 Å². The molecule has 8 nitrogen and oxygen atoms in total. The molecule has 3 N–H and O–H groups in total. The SMILES string of the molecule is O=C(CCCCCC(NC(=O)OCc1ccccc1)c1[nH]c(I)c[nH+]1)OC(=O)C(F)(F)F. The van der Waals surface area contributed by atoms with Crippen LogP contribution in [-0.2, 0) is 25.7 Å². The molecule has 0 fully saturated rings. The van der Waals surface area contributed by atoms with Gasteiger partial charge in [-0.15, -0.1) is 0 Å². The fourth-order valence-electron chi connectivity index (χ4n) is 2.73. The van der Waals surface area contributed by atoms with Crippen molar-refractivity contribution < 1.29 is 42.0 Å². The number of amides is 1. The highest BCUT2D eigenvalue weighted by molar-refractivity contribution is 14.1. The number of aromatic amines is 2. The number of hydrogen-bond acceptors (Lipinski definition) is 5. The van der Waals surface area contributed by atoms with Crippen molar-refractivity contribution in [1.82, 2.24) is 10.3 Å². The zero-order chi connectivity index (χ0) is 23.6. The molecule has 0 aliphatic heterocycles. The van der Waals surface area contributed by atoms with Crippen LogP contribution in [0.2, 0.25) is 0 Å². The van der Waals surface area contributed by atoms with Crippen molar-refractivity contribution in [2.45, 2.75) is 50.9 Å². The minimum Gasteiger partial charge on any atom is -0.445 e. The number of carbonyl (C=O) groups excluding carboxylic acids is 3. The zero-order valence-electron chi connectivity index (χ0n) is 16.8. The number of H-pyrrole nitrogens is 2. The second kappa shape index (κ2) is 12.4. The molecular weight excluding hydrogens is 546 g/mol. The molecule has 1 unspecified atom stereocenters. The van der Waals surface area contributed by atoms with Crippen LogP contribution in [0.1, 0.15) is 49.5 Å². The quantitative estimate of drug-likeness (QED) is 0.195. The minimum atomic E-state index is -5.20. The van der Waals surface area contributed by atoms with Gasteiger partial charge in [0.2, 0.25) is 3.70 Å². The Kier molecular flexibility index (Phi) is 9.94. The Morgan fingerprint density at radius 1 is 1.12 bits per heavy atom. The number of benzene rings is 1. The molecule has 174 valence electrons. The van der Waals surface area contributed by atoms with Crippen molar-refractivity contribution in [3.05, 3.63) is 51.6 Å². The number of alkyl halides is 3. The summed E-state index contributed by atoms with van der Waals surface area (Å²) in [5.41, 5.74) is 0.844. The third kappa shape index (κ3) is 9.24. The first-order valence-corrected chi connectivity index (χ1v) is 10.8. The monoisotopic (exact) mass is 568 g/mol. The van der Waals surface area contributed by atoms with Crippen LogP contribution in [0, 0.1) is 3.70 Å². The number of esters is 2. The van der Waals surface area contributed by atoms with E-state index in [-0.39, 0.29) is 19.4 Å². The summed E-state index contributed by atoms with van der Waals surface area (Å²) in [4.78, 5) is 40.3. The second-order valence-electron chi connectivity index (χ2n) is 6.79. The number of imidazole rings is 1. The van der Waals surface area contributed by atoms with Gasteiger partial charge in [0, 0.05) is 29.0 Å². The van der Waals surface area contributed by atoms with Crippen molar-refractivity contribution in [2.24, 2.45) is 0 Å². The Morgan fingerprint density at radius 3 is 2.47 bits per heavy atom. The third-order valence-corrected chi connectivity index (χ3v) is 4.85. The van der Waals surface area contributed by atoms with Gasteiger partial charge in [-0.1, -0.05) is 43.2 Å². The molecule has 0 aliphatic carbocycles. The van der Waals surface area contributed by atoms with Gasteiger partial charge in [0.1, 0.15) is 18.8 Å². The molecule has 1 atom stereocenters. The average molecular weight is 568 g/mol. The lowest BCUT2D eigenvalue weighted by Gasteiger charge is -2.14. The van der Waals surface area contributed by atoms with Crippen LogP contribution in [0.4, 0.5) is 18.0 Å². The first-order chi connectivity index (χ1) is 15.1. The number of carbonyl (C=O) groups is 3. The molecule has 0 saturated heterocycles. The average Bonchev–Trinajstić information content (AvgIpc) is 3.17. The molecule has 0 aliphatic rings. The van der Waals surface area contributed by atoms with Crippen LogP contribution in [0.25, 0.3) is 0 Å². The molecule has 32 heavy (non-hydrogen) atoms. The summed E-state index contributed by atoms with van der Waals surface area (Å²) < 4.78 is 46.1. The lowest BCUT2D eigenvalue weighted by Crippen LogP contribution is -2.32. The summed E-state index contributed by atoms with van der Waals surface area (Å²) in [6.07, 6.45) is -2.65. The number of halogens is 4. The Hall–Kier alpha value is -2.64. The van der Waals surface area contributed by atoms with Crippen molar-refractivity contribution >= 4 is 40.6 Å². The van der Waals surface area contributed by atoms with Crippen LogP contribution in [-0.4, -0.2) is 29.2 Å². The van der Waals surface area contributed by atoms with E-state index in [4.69, 9.17) is 4.74 Å². The van der Waals surface area contributed by atoms with E-state index in [9.17, 15) is 27.6 Å². The zero-order valence-corrected chi connectivity index (χ0v) is 19.0. The first-order valence-electron chi connectivity index (χ1n) is 9.70. The van der Waals surface area contributed by atoms with E-state index < -0.39 is 30.2 Å². The predicted molar refractivity (Wildman–Crippen MR) is 113 cm³/mol. The molecular formula is C20H22F3IN3O5+. The van der Waals surface area contributed by atoms with Gasteiger partial charge in [0.25, 0.3) is 5.82 Å². The maximum absolute atomic E-state index is 12.2. The molecule has 2 aromatic rings. The summed E-state index contributed by atoms with van der Waals surface area (Å²) in [6.45, 7) is 0.115. The molecule has 0 spiro atoms. The number of aromatic nitrogens is 2. The van der Waals surface area contributed by atoms with Crippen LogP contribution in [0.3, 0.4) is 0 Å². The van der Waals surface area contributed by atoms with E-state index in [1.165, 1.54) is 0 Å². The van der Waals surface area contributed by atoms with Gasteiger partial charge in [-0.25, -0.2) is 19.6 Å².